The molecule has 3 unspecified atom stereocenters. The minimum atomic E-state index is -0.150. The molecule has 3 atom stereocenters. The summed E-state index contributed by atoms with van der Waals surface area (Å²) in [5, 5.41) is 0. The quantitative estimate of drug-likeness (QED) is 0.545. The molecule has 0 aromatic rings. The van der Waals surface area contributed by atoms with Crippen molar-refractivity contribution >= 4 is 26.6 Å². The third kappa shape index (κ3) is 1.36. The van der Waals surface area contributed by atoms with E-state index in [-0.39, 0.29) is 9.58 Å². The molecule has 2 aliphatic carbocycles. The van der Waals surface area contributed by atoms with E-state index >= 15 is 0 Å². The Balaban J connectivity index is 2.07. The highest BCUT2D eigenvalue weighted by Crippen LogP contribution is 2.52. The molecule has 68 valence electrons. The second-order valence-electron chi connectivity index (χ2n) is 4.23. The SMILES string of the molecule is CC1(OC(=O)I)CC2CCC1C2. The van der Waals surface area contributed by atoms with E-state index in [0.29, 0.717) is 5.92 Å². The molecule has 0 aliphatic heterocycles. The predicted octanol–water partition coefficient (Wildman–Crippen LogP) is 3.14. The van der Waals surface area contributed by atoms with Crippen LogP contribution in [-0.4, -0.2) is 9.58 Å². The van der Waals surface area contributed by atoms with Crippen LogP contribution >= 0.6 is 22.6 Å². The lowest BCUT2D eigenvalue weighted by Gasteiger charge is -2.32. The van der Waals surface area contributed by atoms with Crippen molar-refractivity contribution in [3.63, 3.8) is 0 Å². The lowest BCUT2D eigenvalue weighted by atomic mass is 9.86. The second-order valence-corrected chi connectivity index (χ2v) is 5.11. The van der Waals surface area contributed by atoms with Crippen LogP contribution in [0.15, 0.2) is 0 Å². The van der Waals surface area contributed by atoms with Gasteiger partial charge in [-0.1, -0.05) is 0 Å². The zero-order chi connectivity index (χ0) is 8.77. The van der Waals surface area contributed by atoms with Crippen molar-refractivity contribution in [1.29, 1.82) is 0 Å². The van der Waals surface area contributed by atoms with E-state index in [2.05, 4.69) is 6.92 Å². The lowest BCUT2D eigenvalue weighted by Crippen LogP contribution is -2.35. The molecule has 3 heteroatoms. The van der Waals surface area contributed by atoms with Gasteiger partial charge in [-0.2, -0.15) is 0 Å². The first-order chi connectivity index (χ1) is 5.60. The summed E-state index contributed by atoms with van der Waals surface area (Å²) in [5.41, 5.74) is -0.124. The van der Waals surface area contributed by atoms with Gasteiger partial charge in [0.15, 0.2) is 0 Å². The van der Waals surface area contributed by atoms with Crippen LogP contribution in [0.5, 0.6) is 0 Å². The standard InChI is InChI=1S/C9H13IO2/c1-9(12-8(10)11)5-6-2-3-7(9)4-6/h6-7H,2-5H2,1H3. The normalized spacial score (nSPS) is 44.8. The second kappa shape index (κ2) is 2.86. The van der Waals surface area contributed by atoms with Crippen molar-refractivity contribution in [1.82, 2.24) is 0 Å². The van der Waals surface area contributed by atoms with E-state index in [0.717, 1.165) is 12.3 Å². The summed E-state index contributed by atoms with van der Waals surface area (Å²) in [6, 6.07) is 0. The van der Waals surface area contributed by atoms with Gasteiger partial charge < -0.3 is 4.74 Å². The molecular formula is C9H13IO2. The monoisotopic (exact) mass is 280 g/mol. The van der Waals surface area contributed by atoms with Crippen molar-refractivity contribution < 1.29 is 9.53 Å². The molecule has 0 amide bonds. The van der Waals surface area contributed by atoms with E-state index < -0.39 is 0 Å². The third-order valence-electron chi connectivity index (χ3n) is 3.41. The van der Waals surface area contributed by atoms with Gasteiger partial charge in [0.05, 0.1) is 22.6 Å². The summed E-state index contributed by atoms with van der Waals surface area (Å²) in [6.45, 7) is 2.09. The first kappa shape index (κ1) is 8.78. The van der Waals surface area contributed by atoms with Crippen LogP contribution < -0.4 is 0 Å². The summed E-state index contributed by atoms with van der Waals surface area (Å²) >= 11 is 1.72. The van der Waals surface area contributed by atoms with Crippen LogP contribution in [0.3, 0.4) is 0 Å². The molecular weight excluding hydrogens is 267 g/mol. The highest BCUT2D eigenvalue weighted by molar-refractivity contribution is 14.1. The summed E-state index contributed by atoms with van der Waals surface area (Å²) in [7, 11) is 0. The third-order valence-corrected chi connectivity index (χ3v) is 3.63. The number of carbonyl (C=O) groups is 1. The Labute approximate surface area is 86.2 Å². The Bertz CT molecular complexity index is 217. The van der Waals surface area contributed by atoms with Gasteiger partial charge in [-0.05, 0) is 44.4 Å². The Hall–Kier alpha value is 0.200. The van der Waals surface area contributed by atoms with E-state index in [4.69, 9.17) is 4.74 Å². The topological polar surface area (TPSA) is 26.3 Å². The van der Waals surface area contributed by atoms with Crippen LogP contribution in [0, 0.1) is 11.8 Å². The smallest absolute Gasteiger partial charge is 0.367 e. The molecule has 0 aromatic carbocycles. The maximum atomic E-state index is 10.8. The summed E-state index contributed by atoms with van der Waals surface area (Å²) in [5.74, 6) is 1.47. The lowest BCUT2D eigenvalue weighted by molar-refractivity contribution is 0.000282. The molecule has 0 aromatic heterocycles. The number of fused-ring (bicyclic) bond motifs is 2. The van der Waals surface area contributed by atoms with Crippen molar-refractivity contribution in [2.24, 2.45) is 11.8 Å². The molecule has 0 N–H and O–H groups in total. The number of hydrogen-bond acceptors (Lipinski definition) is 2. The predicted molar refractivity (Wildman–Crippen MR) is 54.4 cm³/mol. The molecule has 0 heterocycles. The van der Waals surface area contributed by atoms with Crippen LogP contribution in [0.1, 0.15) is 32.6 Å². The minimum Gasteiger partial charge on any atom is -0.452 e. The number of halogens is 1. The van der Waals surface area contributed by atoms with Crippen molar-refractivity contribution in [3.8, 4) is 0 Å². The summed E-state index contributed by atoms with van der Waals surface area (Å²) in [4.78, 5) is 10.8. The van der Waals surface area contributed by atoms with Crippen LogP contribution in [-0.2, 0) is 4.74 Å². The van der Waals surface area contributed by atoms with Gasteiger partial charge in [0.1, 0.15) is 5.60 Å². The van der Waals surface area contributed by atoms with Crippen molar-refractivity contribution in [3.05, 3.63) is 0 Å². The van der Waals surface area contributed by atoms with Crippen molar-refractivity contribution in [2.75, 3.05) is 0 Å². The van der Waals surface area contributed by atoms with Gasteiger partial charge in [0.2, 0.25) is 0 Å². The van der Waals surface area contributed by atoms with Crippen LogP contribution in [0.2, 0.25) is 0 Å². The first-order valence-electron chi connectivity index (χ1n) is 4.48. The Morgan fingerprint density at radius 2 is 2.33 bits per heavy atom. The fourth-order valence-corrected chi connectivity index (χ4v) is 3.37. The average molecular weight is 280 g/mol. The van der Waals surface area contributed by atoms with Crippen LogP contribution in [0.4, 0.5) is 4.79 Å². The average Bonchev–Trinajstić information content (AvgIpc) is 2.42. The van der Waals surface area contributed by atoms with Gasteiger partial charge in [0, 0.05) is 0 Å². The Kier molecular flexibility index (Phi) is 2.09. The maximum Gasteiger partial charge on any atom is 0.367 e. The number of hydrogen-bond donors (Lipinski definition) is 0. The van der Waals surface area contributed by atoms with Gasteiger partial charge in [-0.25, -0.2) is 4.79 Å². The number of rotatable bonds is 1. The molecule has 2 rings (SSSR count). The molecule has 2 bridgehead atoms. The van der Waals surface area contributed by atoms with E-state index in [1.54, 1.807) is 22.6 Å². The fourth-order valence-electron chi connectivity index (χ4n) is 2.86. The van der Waals surface area contributed by atoms with E-state index in [1.165, 1.54) is 19.3 Å². The van der Waals surface area contributed by atoms with Crippen molar-refractivity contribution in [2.45, 2.75) is 38.2 Å². The highest BCUT2D eigenvalue weighted by atomic mass is 127. The first-order valence-corrected chi connectivity index (χ1v) is 5.56. The largest absolute Gasteiger partial charge is 0.452 e. The molecule has 0 spiro atoms. The van der Waals surface area contributed by atoms with Gasteiger partial charge in [-0.15, -0.1) is 0 Å². The number of ether oxygens (including phenoxy) is 1. The Morgan fingerprint density at radius 3 is 2.75 bits per heavy atom. The number of carbonyl (C=O) groups excluding carboxylic acids is 1. The fraction of sp³-hybridized carbons (Fsp3) is 0.889. The maximum absolute atomic E-state index is 10.8. The highest BCUT2D eigenvalue weighted by Gasteiger charge is 2.50. The summed E-state index contributed by atoms with van der Waals surface area (Å²) in [6.07, 6.45) is 4.97. The zero-order valence-electron chi connectivity index (χ0n) is 7.18. The minimum absolute atomic E-state index is 0.124. The Morgan fingerprint density at radius 1 is 1.58 bits per heavy atom. The van der Waals surface area contributed by atoms with Crippen LogP contribution in [0.25, 0.3) is 0 Å². The molecule has 12 heavy (non-hydrogen) atoms. The molecule has 0 saturated heterocycles. The van der Waals surface area contributed by atoms with Gasteiger partial charge in [0.25, 0.3) is 0 Å². The van der Waals surface area contributed by atoms with Gasteiger partial charge >= 0.3 is 3.98 Å². The molecule has 2 saturated carbocycles. The molecule has 2 nitrogen and oxygen atoms in total. The molecule has 0 radical (unpaired) electrons. The van der Waals surface area contributed by atoms with E-state index in [9.17, 15) is 4.79 Å². The molecule has 2 aliphatic rings. The zero-order valence-corrected chi connectivity index (χ0v) is 9.34. The molecule has 2 fully saturated rings. The van der Waals surface area contributed by atoms with Gasteiger partial charge in [-0.3, -0.25) is 0 Å². The summed E-state index contributed by atoms with van der Waals surface area (Å²) < 4.78 is 5.23. The van der Waals surface area contributed by atoms with E-state index in [1.807, 2.05) is 0 Å².